The number of rotatable bonds is 6. The third-order valence-electron chi connectivity index (χ3n) is 5.30. The standard InChI is InChI=1S/C23H26N4O/c28-23(20-8-2-1-3-9-20)25-12-6-14-26-15-17-27(18-16-26)22-21-10-5-4-7-19(21)11-13-24-22/h1-5,7-11,13H,6,12,14-18H2,(H,25,28). The molecule has 144 valence electrons. The number of hydrogen-bond acceptors (Lipinski definition) is 4. The highest BCUT2D eigenvalue weighted by molar-refractivity contribution is 5.94. The number of hydrogen-bond donors (Lipinski definition) is 1. The largest absolute Gasteiger partial charge is 0.354 e. The lowest BCUT2D eigenvalue weighted by molar-refractivity contribution is 0.0951. The number of carbonyl (C=O) groups is 1. The summed E-state index contributed by atoms with van der Waals surface area (Å²) in [5.74, 6) is 1.10. The molecule has 5 heteroatoms. The van der Waals surface area contributed by atoms with Crippen LogP contribution in [0.25, 0.3) is 10.8 Å². The zero-order valence-corrected chi connectivity index (χ0v) is 16.1. The van der Waals surface area contributed by atoms with E-state index in [0.29, 0.717) is 6.54 Å². The minimum absolute atomic E-state index is 0.00690. The molecule has 1 fully saturated rings. The van der Waals surface area contributed by atoms with Gasteiger partial charge in [-0.3, -0.25) is 9.69 Å². The molecule has 28 heavy (non-hydrogen) atoms. The Bertz CT molecular complexity index is 915. The molecular formula is C23H26N4O. The third kappa shape index (κ3) is 4.31. The van der Waals surface area contributed by atoms with Gasteiger partial charge in [-0.25, -0.2) is 4.98 Å². The summed E-state index contributed by atoms with van der Waals surface area (Å²) in [6.45, 7) is 5.73. The maximum atomic E-state index is 12.1. The topological polar surface area (TPSA) is 48.5 Å². The first-order chi connectivity index (χ1) is 13.8. The Kier molecular flexibility index (Phi) is 5.83. The second-order valence-electron chi connectivity index (χ2n) is 7.16. The molecule has 0 radical (unpaired) electrons. The summed E-state index contributed by atoms with van der Waals surface area (Å²) in [5, 5.41) is 5.47. The van der Waals surface area contributed by atoms with E-state index in [1.807, 2.05) is 36.5 Å². The number of amides is 1. The van der Waals surface area contributed by atoms with E-state index < -0.39 is 0 Å². The van der Waals surface area contributed by atoms with Crippen LogP contribution in [-0.4, -0.2) is 55.1 Å². The van der Waals surface area contributed by atoms with Crippen LogP contribution < -0.4 is 10.2 Å². The van der Waals surface area contributed by atoms with E-state index in [9.17, 15) is 4.79 Å². The molecule has 1 aliphatic rings. The lowest BCUT2D eigenvalue weighted by Gasteiger charge is -2.35. The van der Waals surface area contributed by atoms with Crippen molar-refractivity contribution in [2.24, 2.45) is 0 Å². The number of aromatic nitrogens is 1. The van der Waals surface area contributed by atoms with Gasteiger partial charge in [-0.1, -0.05) is 42.5 Å². The van der Waals surface area contributed by atoms with Crippen molar-refractivity contribution in [2.45, 2.75) is 6.42 Å². The van der Waals surface area contributed by atoms with Crippen molar-refractivity contribution in [1.82, 2.24) is 15.2 Å². The molecule has 1 aliphatic heterocycles. The van der Waals surface area contributed by atoms with Gasteiger partial charge >= 0.3 is 0 Å². The summed E-state index contributed by atoms with van der Waals surface area (Å²) in [6, 6.07) is 19.9. The van der Waals surface area contributed by atoms with Gasteiger partial charge in [0, 0.05) is 49.9 Å². The van der Waals surface area contributed by atoms with Gasteiger partial charge in [-0.15, -0.1) is 0 Å². The number of benzene rings is 2. The van der Waals surface area contributed by atoms with Crippen molar-refractivity contribution in [3.05, 3.63) is 72.4 Å². The SMILES string of the molecule is O=C(NCCCN1CCN(c2nccc3ccccc23)CC1)c1ccccc1. The second kappa shape index (κ2) is 8.85. The molecule has 1 saturated heterocycles. The van der Waals surface area contributed by atoms with Crippen LogP contribution in [0.15, 0.2) is 66.9 Å². The Hall–Kier alpha value is -2.92. The number of anilines is 1. The van der Waals surface area contributed by atoms with E-state index in [0.717, 1.165) is 50.5 Å². The zero-order chi connectivity index (χ0) is 19.2. The van der Waals surface area contributed by atoms with Crippen LogP contribution in [0, 0.1) is 0 Å². The normalized spacial score (nSPS) is 14.9. The van der Waals surface area contributed by atoms with Crippen LogP contribution >= 0.6 is 0 Å². The van der Waals surface area contributed by atoms with E-state index in [1.165, 1.54) is 10.8 Å². The summed E-state index contributed by atoms with van der Waals surface area (Å²) in [7, 11) is 0. The molecule has 0 atom stereocenters. The molecule has 5 nitrogen and oxygen atoms in total. The van der Waals surface area contributed by atoms with Crippen LogP contribution in [0.4, 0.5) is 5.82 Å². The van der Waals surface area contributed by atoms with Gasteiger partial charge in [-0.2, -0.15) is 0 Å². The van der Waals surface area contributed by atoms with Crippen LogP contribution in [0.5, 0.6) is 0 Å². The van der Waals surface area contributed by atoms with Crippen molar-refractivity contribution in [1.29, 1.82) is 0 Å². The van der Waals surface area contributed by atoms with Gasteiger partial charge in [0.1, 0.15) is 5.82 Å². The van der Waals surface area contributed by atoms with E-state index in [-0.39, 0.29) is 5.91 Å². The molecule has 1 amide bonds. The first-order valence-corrected chi connectivity index (χ1v) is 9.95. The highest BCUT2D eigenvalue weighted by Crippen LogP contribution is 2.24. The fraction of sp³-hybridized carbons (Fsp3) is 0.304. The van der Waals surface area contributed by atoms with Crippen molar-refractivity contribution >= 4 is 22.5 Å². The second-order valence-corrected chi connectivity index (χ2v) is 7.16. The zero-order valence-electron chi connectivity index (χ0n) is 16.1. The van der Waals surface area contributed by atoms with Crippen molar-refractivity contribution < 1.29 is 4.79 Å². The fourth-order valence-corrected chi connectivity index (χ4v) is 3.74. The first kappa shape index (κ1) is 18.4. The highest BCUT2D eigenvalue weighted by Gasteiger charge is 2.19. The van der Waals surface area contributed by atoms with Crippen molar-refractivity contribution in [3.8, 4) is 0 Å². The summed E-state index contributed by atoms with van der Waals surface area (Å²) in [5.41, 5.74) is 0.721. The Morgan fingerprint density at radius 3 is 2.50 bits per heavy atom. The molecule has 0 unspecified atom stereocenters. The van der Waals surface area contributed by atoms with E-state index in [2.05, 4.69) is 50.4 Å². The van der Waals surface area contributed by atoms with E-state index in [4.69, 9.17) is 0 Å². The minimum Gasteiger partial charge on any atom is -0.354 e. The minimum atomic E-state index is 0.00690. The smallest absolute Gasteiger partial charge is 0.251 e. The molecule has 3 aromatic rings. The van der Waals surface area contributed by atoms with Gasteiger partial charge in [-0.05, 0) is 36.6 Å². The molecule has 0 spiro atoms. The number of fused-ring (bicyclic) bond motifs is 1. The summed E-state index contributed by atoms with van der Waals surface area (Å²) in [4.78, 5) is 21.6. The first-order valence-electron chi connectivity index (χ1n) is 9.95. The quantitative estimate of drug-likeness (QED) is 0.674. The molecule has 4 rings (SSSR count). The number of carbonyl (C=O) groups excluding carboxylic acids is 1. The molecule has 2 heterocycles. The average molecular weight is 374 g/mol. The number of piperazine rings is 1. The lowest BCUT2D eigenvalue weighted by atomic mass is 10.1. The molecule has 2 aromatic carbocycles. The number of nitrogens with zero attached hydrogens (tertiary/aromatic N) is 3. The van der Waals surface area contributed by atoms with Crippen molar-refractivity contribution in [3.63, 3.8) is 0 Å². The Labute approximate surface area is 166 Å². The van der Waals surface area contributed by atoms with Crippen LogP contribution in [0.1, 0.15) is 16.8 Å². The number of nitrogens with one attached hydrogen (secondary N) is 1. The molecular weight excluding hydrogens is 348 g/mol. The van der Waals surface area contributed by atoms with Gasteiger partial charge in [0.15, 0.2) is 0 Å². The van der Waals surface area contributed by atoms with E-state index in [1.54, 1.807) is 0 Å². The van der Waals surface area contributed by atoms with E-state index >= 15 is 0 Å². The molecule has 0 aliphatic carbocycles. The van der Waals surface area contributed by atoms with Crippen LogP contribution in [0.2, 0.25) is 0 Å². The van der Waals surface area contributed by atoms with Gasteiger partial charge in [0.2, 0.25) is 0 Å². The number of pyridine rings is 1. The maximum absolute atomic E-state index is 12.1. The highest BCUT2D eigenvalue weighted by atomic mass is 16.1. The molecule has 1 N–H and O–H groups in total. The van der Waals surface area contributed by atoms with Crippen LogP contribution in [0.3, 0.4) is 0 Å². The Balaban J connectivity index is 1.23. The summed E-state index contributed by atoms with van der Waals surface area (Å²) in [6.07, 6.45) is 2.87. The summed E-state index contributed by atoms with van der Waals surface area (Å²) >= 11 is 0. The third-order valence-corrected chi connectivity index (χ3v) is 5.30. The fourth-order valence-electron chi connectivity index (χ4n) is 3.74. The predicted molar refractivity (Wildman–Crippen MR) is 114 cm³/mol. The Morgan fingerprint density at radius 2 is 1.68 bits per heavy atom. The molecule has 0 bridgehead atoms. The van der Waals surface area contributed by atoms with Gasteiger partial charge < -0.3 is 10.2 Å². The Morgan fingerprint density at radius 1 is 0.929 bits per heavy atom. The maximum Gasteiger partial charge on any atom is 0.251 e. The monoisotopic (exact) mass is 374 g/mol. The predicted octanol–water partition coefficient (Wildman–Crippen LogP) is 3.18. The summed E-state index contributed by atoms with van der Waals surface area (Å²) < 4.78 is 0. The molecule has 1 aromatic heterocycles. The average Bonchev–Trinajstić information content (AvgIpc) is 2.77. The van der Waals surface area contributed by atoms with Gasteiger partial charge in [0.25, 0.3) is 5.91 Å². The van der Waals surface area contributed by atoms with Crippen LogP contribution in [-0.2, 0) is 0 Å². The molecule has 0 saturated carbocycles. The van der Waals surface area contributed by atoms with Crippen molar-refractivity contribution in [2.75, 3.05) is 44.2 Å². The van der Waals surface area contributed by atoms with Gasteiger partial charge in [0.05, 0.1) is 0 Å². The lowest BCUT2D eigenvalue weighted by Crippen LogP contribution is -2.47.